The van der Waals surface area contributed by atoms with E-state index in [1.807, 2.05) is 29.2 Å². The number of oxazole rings is 1. The van der Waals surface area contributed by atoms with Crippen LogP contribution in [0.5, 0.6) is 0 Å². The fourth-order valence-corrected chi connectivity index (χ4v) is 3.48. The van der Waals surface area contributed by atoms with E-state index in [-0.39, 0.29) is 11.8 Å². The number of piperazine rings is 1. The summed E-state index contributed by atoms with van der Waals surface area (Å²) in [5.74, 6) is 0.417. The van der Waals surface area contributed by atoms with E-state index in [0.29, 0.717) is 54.3 Å². The Morgan fingerprint density at radius 1 is 0.893 bits per heavy atom. The summed E-state index contributed by atoms with van der Waals surface area (Å²) in [5.41, 5.74) is 3.84. The fourth-order valence-electron chi connectivity index (χ4n) is 3.48. The Morgan fingerprint density at radius 2 is 1.46 bits per heavy atom. The number of rotatable bonds is 3. The summed E-state index contributed by atoms with van der Waals surface area (Å²) in [6, 6.07) is 13.1. The molecular formula is C22H23N3O3. The number of benzene rings is 2. The lowest BCUT2D eigenvalue weighted by molar-refractivity contribution is 0.0535. The van der Waals surface area contributed by atoms with E-state index in [0.717, 1.165) is 0 Å². The predicted octanol–water partition coefficient (Wildman–Crippen LogP) is 3.55. The van der Waals surface area contributed by atoms with E-state index in [1.165, 1.54) is 12.0 Å². The van der Waals surface area contributed by atoms with Gasteiger partial charge in [0.2, 0.25) is 0 Å². The van der Waals surface area contributed by atoms with Crippen LogP contribution in [0.4, 0.5) is 0 Å². The Kier molecular flexibility index (Phi) is 4.86. The highest BCUT2D eigenvalue weighted by molar-refractivity contribution is 5.97. The third-order valence-corrected chi connectivity index (χ3v) is 5.26. The van der Waals surface area contributed by atoms with Crippen molar-refractivity contribution in [2.24, 2.45) is 0 Å². The van der Waals surface area contributed by atoms with Crippen LogP contribution in [0, 0.1) is 0 Å². The van der Waals surface area contributed by atoms with E-state index < -0.39 is 0 Å². The topological polar surface area (TPSA) is 66.7 Å². The molecule has 0 radical (unpaired) electrons. The quantitative estimate of drug-likeness (QED) is 0.700. The lowest BCUT2D eigenvalue weighted by atomic mass is 10.0. The summed E-state index contributed by atoms with van der Waals surface area (Å²) in [7, 11) is 0. The van der Waals surface area contributed by atoms with Crippen LogP contribution in [-0.4, -0.2) is 52.8 Å². The van der Waals surface area contributed by atoms with Crippen molar-refractivity contribution in [3.63, 3.8) is 0 Å². The van der Waals surface area contributed by atoms with Gasteiger partial charge >= 0.3 is 0 Å². The number of carbonyl (C=O) groups is 2. The largest absolute Gasteiger partial charge is 0.443 e. The molecule has 0 bridgehead atoms. The molecule has 0 spiro atoms. The Balaban J connectivity index is 1.39. The monoisotopic (exact) mass is 377 g/mol. The molecule has 1 aliphatic rings. The first-order valence-electron chi connectivity index (χ1n) is 9.54. The minimum atomic E-state index is -0.0433. The number of hydrogen-bond acceptors (Lipinski definition) is 4. The number of hydrogen-bond donors (Lipinski definition) is 0. The number of fused-ring (bicyclic) bond motifs is 1. The van der Waals surface area contributed by atoms with Crippen molar-refractivity contribution in [1.29, 1.82) is 0 Å². The standard InChI is InChI=1S/C22H23N3O3/c1-15(2)16-3-5-17(6-4-16)21(26)24-9-11-25(12-10-24)22(27)18-7-8-20-19(13-18)23-14-28-20/h3-8,13-15H,9-12H2,1-2H3. The first-order valence-corrected chi connectivity index (χ1v) is 9.54. The predicted molar refractivity (Wildman–Crippen MR) is 106 cm³/mol. The minimum Gasteiger partial charge on any atom is -0.443 e. The van der Waals surface area contributed by atoms with Crippen molar-refractivity contribution < 1.29 is 14.0 Å². The molecule has 0 N–H and O–H groups in total. The van der Waals surface area contributed by atoms with Gasteiger partial charge in [-0.15, -0.1) is 0 Å². The maximum atomic E-state index is 12.8. The second kappa shape index (κ2) is 7.46. The van der Waals surface area contributed by atoms with E-state index in [1.54, 1.807) is 23.1 Å². The van der Waals surface area contributed by atoms with Gasteiger partial charge in [0, 0.05) is 37.3 Å². The summed E-state index contributed by atoms with van der Waals surface area (Å²) < 4.78 is 5.22. The molecule has 144 valence electrons. The van der Waals surface area contributed by atoms with Gasteiger partial charge in [-0.1, -0.05) is 26.0 Å². The molecule has 1 fully saturated rings. The average Bonchev–Trinajstić information content (AvgIpc) is 3.21. The van der Waals surface area contributed by atoms with Crippen molar-refractivity contribution in [2.45, 2.75) is 19.8 Å². The number of nitrogens with zero attached hydrogens (tertiary/aromatic N) is 3. The van der Waals surface area contributed by atoms with Gasteiger partial charge in [-0.25, -0.2) is 4.98 Å². The van der Waals surface area contributed by atoms with Gasteiger partial charge in [-0.2, -0.15) is 0 Å². The van der Waals surface area contributed by atoms with Gasteiger partial charge in [0.25, 0.3) is 11.8 Å². The minimum absolute atomic E-state index is 0.0198. The molecule has 2 heterocycles. The molecule has 28 heavy (non-hydrogen) atoms. The maximum Gasteiger partial charge on any atom is 0.254 e. The van der Waals surface area contributed by atoms with Gasteiger partial charge in [0.05, 0.1) is 0 Å². The zero-order valence-corrected chi connectivity index (χ0v) is 16.1. The van der Waals surface area contributed by atoms with Crippen LogP contribution in [0.3, 0.4) is 0 Å². The van der Waals surface area contributed by atoms with E-state index in [2.05, 4.69) is 18.8 Å². The highest BCUT2D eigenvalue weighted by Crippen LogP contribution is 2.18. The van der Waals surface area contributed by atoms with Crippen molar-refractivity contribution in [3.05, 3.63) is 65.5 Å². The number of aromatic nitrogens is 1. The Morgan fingerprint density at radius 3 is 2.07 bits per heavy atom. The van der Waals surface area contributed by atoms with E-state index in [9.17, 15) is 9.59 Å². The molecule has 0 saturated carbocycles. The van der Waals surface area contributed by atoms with Gasteiger partial charge in [-0.05, 0) is 41.8 Å². The van der Waals surface area contributed by atoms with Crippen LogP contribution in [0.25, 0.3) is 11.1 Å². The molecule has 1 saturated heterocycles. The average molecular weight is 377 g/mol. The Hall–Kier alpha value is -3.15. The zero-order chi connectivity index (χ0) is 19.7. The van der Waals surface area contributed by atoms with Crippen LogP contribution in [0.1, 0.15) is 46.0 Å². The smallest absolute Gasteiger partial charge is 0.254 e. The van der Waals surface area contributed by atoms with Gasteiger partial charge < -0.3 is 14.2 Å². The molecular weight excluding hydrogens is 354 g/mol. The van der Waals surface area contributed by atoms with Crippen LogP contribution in [0.15, 0.2) is 53.3 Å². The molecule has 0 atom stereocenters. The summed E-state index contributed by atoms with van der Waals surface area (Å²) in [6.45, 7) is 6.36. The molecule has 2 aromatic carbocycles. The normalized spacial score (nSPS) is 14.7. The van der Waals surface area contributed by atoms with Crippen molar-refractivity contribution in [3.8, 4) is 0 Å². The van der Waals surface area contributed by atoms with Gasteiger partial charge in [0.15, 0.2) is 12.0 Å². The second-order valence-electron chi connectivity index (χ2n) is 7.40. The summed E-state index contributed by atoms with van der Waals surface area (Å²) in [5, 5.41) is 0. The van der Waals surface area contributed by atoms with Crippen molar-refractivity contribution >= 4 is 22.9 Å². The second-order valence-corrected chi connectivity index (χ2v) is 7.40. The molecule has 4 rings (SSSR count). The molecule has 0 aliphatic carbocycles. The van der Waals surface area contributed by atoms with Gasteiger partial charge in [0.1, 0.15) is 5.52 Å². The van der Waals surface area contributed by atoms with Crippen molar-refractivity contribution in [1.82, 2.24) is 14.8 Å². The number of amides is 2. The van der Waals surface area contributed by atoms with Gasteiger partial charge in [-0.3, -0.25) is 9.59 Å². The first kappa shape index (κ1) is 18.2. The van der Waals surface area contributed by atoms with Crippen LogP contribution < -0.4 is 0 Å². The molecule has 6 nitrogen and oxygen atoms in total. The lowest BCUT2D eigenvalue weighted by Gasteiger charge is -2.35. The highest BCUT2D eigenvalue weighted by Gasteiger charge is 2.25. The summed E-state index contributed by atoms with van der Waals surface area (Å²) >= 11 is 0. The van der Waals surface area contributed by atoms with Crippen LogP contribution in [-0.2, 0) is 0 Å². The van der Waals surface area contributed by atoms with E-state index >= 15 is 0 Å². The highest BCUT2D eigenvalue weighted by atomic mass is 16.3. The molecule has 1 aromatic heterocycles. The van der Waals surface area contributed by atoms with Crippen molar-refractivity contribution in [2.75, 3.05) is 26.2 Å². The van der Waals surface area contributed by atoms with Crippen LogP contribution in [0.2, 0.25) is 0 Å². The fraction of sp³-hybridized carbons (Fsp3) is 0.318. The molecule has 1 aliphatic heterocycles. The van der Waals surface area contributed by atoms with Crippen LogP contribution >= 0.6 is 0 Å². The third-order valence-electron chi connectivity index (χ3n) is 5.26. The molecule has 0 unspecified atom stereocenters. The molecule has 2 amide bonds. The third kappa shape index (κ3) is 3.50. The number of carbonyl (C=O) groups excluding carboxylic acids is 2. The SMILES string of the molecule is CC(C)c1ccc(C(=O)N2CCN(C(=O)c3ccc4ocnc4c3)CC2)cc1. The Labute approximate surface area is 163 Å². The lowest BCUT2D eigenvalue weighted by Crippen LogP contribution is -2.50. The zero-order valence-electron chi connectivity index (χ0n) is 16.1. The van der Waals surface area contributed by atoms with E-state index in [4.69, 9.17) is 4.42 Å². The summed E-state index contributed by atoms with van der Waals surface area (Å²) in [6.07, 6.45) is 1.37. The summed E-state index contributed by atoms with van der Waals surface area (Å²) in [4.78, 5) is 33.2. The molecule has 6 heteroatoms. The maximum absolute atomic E-state index is 12.8. The first-order chi connectivity index (χ1) is 13.5. The molecule has 3 aromatic rings. The Bertz CT molecular complexity index is 999.